The van der Waals surface area contributed by atoms with E-state index in [4.69, 9.17) is 15.2 Å². The molecule has 5 rings (SSSR count). The maximum Gasteiger partial charge on any atom is 0.323 e. The molecule has 52 heavy (non-hydrogen) atoms. The molecule has 4 aromatic carbocycles. The fourth-order valence-electron chi connectivity index (χ4n) is 5.94. The third kappa shape index (κ3) is 8.13. The number of hydrogen-bond acceptors (Lipinski definition) is 11. The van der Waals surface area contributed by atoms with Crippen molar-refractivity contribution in [3.63, 3.8) is 0 Å². The van der Waals surface area contributed by atoms with Gasteiger partial charge < -0.3 is 45.4 Å². The molecule has 0 bridgehead atoms. The van der Waals surface area contributed by atoms with Crippen molar-refractivity contribution in [2.24, 2.45) is 0 Å². The average molecular weight is 715 g/mol. The summed E-state index contributed by atoms with van der Waals surface area (Å²) in [6.07, 6.45) is 0. The van der Waals surface area contributed by atoms with Crippen molar-refractivity contribution >= 4 is 63.5 Å². The third-order valence-corrected chi connectivity index (χ3v) is 8.09. The molecule has 0 saturated carbocycles. The van der Waals surface area contributed by atoms with Gasteiger partial charge in [0.15, 0.2) is 0 Å². The van der Waals surface area contributed by atoms with E-state index in [2.05, 4.69) is 0 Å². The zero-order valence-corrected chi connectivity index (χ0v) is 27.8. The molecule has 1 heterocycles. The molecule has 4 aromatic rings. The van der Waals surface area contributed by atoms with E-state index in [0.717, 1.165) is 20.3 Å². The Kier molecular flexibility index (Phi) is 10.8. The van der Waals surface area contributed by atoms with E-state index < -0.39 is 61.9 Å². The summed E-state index contributed by atoms with van der Waals surface area (Å²) in [5, 5.41) is 38.8. The largest absolute Gasteiger partial charge is 0.488 e. The first kappa shape index (κ1) is 36.4. The predicted octanol–water partition coefficient (Wildman–Crippen LogP) is 2.94. The molecule has 0 unspecified atom stereocenters. The second kappa shape index (κ2) is 15.4. The van der Waals surface area contributed by atoms with Gasteiger partial charge in [-0.2, -0.15) is 0 Å². The Morgan fingerprint density at radius 2 is 1.17 bits per heavy atom. The molecule has 6 N–H and O–H groups in total. The van der Waals surface area contributed by atoms with Gasteiger partial charge in [0.1, 0.15) is 50.9 Å². The molecule has 16 heteroatoms. The van der Waals surface area contributed by atoms with E-state index in [1.165, 1.54) is 24.3 Å². The van der Waals surface area contributed by atoms with Crippen molar-refractivity contribution in [3.05, 3.63) is 89.0 Å². The highest BCUT2D eigenvalue weighted by molar-refractivity contribution is 6.26. The number of carbonyl (C=O) groups excluding carboxylic acids is 2. The Hall–Kier alpha value is -6.84. The minimum absolute atomic E-state index is 0.0265. The number of carboxylic acids is 4. The number of anilines is 3. The summed E-state index contributed by atoms with van der Waals surface area (Å²) in [7, 11) is 0. The molecule has 0 spiro atoms. The normalized spacial score (nSPS) is 12.1. The Bertz CT molecular complexity index is 2050. The summed E-state index contributed by atoms with van der Waals surface area (Å²) in [5.74, 6) is -6.03. The number of aryl methyl sites for hydroxylation is 1. The summed E-state index contributed by atoms with van der Waals surface area (Å²) in [5.41, 5.74) is 8.55. The summed E-state index contributed by atoms with van der Waals surface area (Å²) < 4.78 is 11.9. The Labute approximate surface area is 295 Å². The van der Waals surface area contributed by atoms with Crippen LogP contribution in [0.25, 0.3) is 10.8 Å². The number of imide groups is 1. The average Bonchev–Trinajstić information content (AvgIpc) is 3.07. The zero-order valence-electron chi connectivity index (χ0n) is 27.8. The molecule has 0 saturated heterocycles. The van der Waals surface area contributed by atoms with Gasteiger partial charge in [-0.25, -0.2) is 0 Å². The fourth-order valence-corrected chi connectivity index (χ4v) is 5.94. The lowest BCUT2D eigenvalue weighted by atomic mass is 9.93. The number of carboxylic acid groups (broad SMARTS) is 4. The monoisotopic (exact) mass is 714 g/mol. The molecule has 0 fully saturated rings. The topological polar surface area (TPSA) is 238 Å². The molecule has 0 aromatic heterocycles. The van der Waals surface area contributed by atoms with Gasteiger partial charge in [0, 0.05) is 27.6 Å². The molecular weight excluding hydrogens is 680 g/mol. The summed E-state index contributed by atoms with van der Waals surface area (Å²) in [4.78, 5) is 76.7. The van der Waals surface area contributed by atoms with Crippen molar-refractivity contribution in [3.8, 4) is 11.5 Å². The molecule has 1 aliphatic rings. The first-order valence-corrected chi connectivity index (χ1v) is 15.8. The van der Waals surface area contributed by atoms with Crippen LogP contribution in [0.3, 0.4) is 0 Å². The third-order valence-electron chi connectivity index (χ3n) is 8.09. The number of ether oxygens (including phenoxy) is 2. The lowest BCUT2D eigenvalue weighted by Gasteiger charge is -2.28. The van der Waals surface area contributed by atoms with Crippen LogP contribution in [0.15, 0.2) is 66.7 Å². The van der Waals surface area contributed by atoms with Gasteiger partial charge in [0.05, 0.1) is 17.9 Å². The number of amides is 2. The molecule has 16 nitrogen and oxygen atoms in total. The minimum Gasteiger partial charge on any atom is -0.488 e. The highest BCUT2D eigenvalue weighted by Crippen LogP contribution is 2.36. The highest BCUT2D eigenvalue weighted by Gasteiger charge is 2.33. The van der Waals surface area contributed by atoms with E-state index >= 15 is 0 Å². The van der Waals surface area contributed by atoms with Gasteiger partial charge in [0.25, 0.3) is 11.8 Å². The smallest absolute Gasteiger partial charge is 0.323 e. The van der Waals surface area contributed by atoms with Crippen LogP contribution in [0.4, 0.5) is 17.1 Å². The predicted molar refractivity (Wildman–Crippen MR) is 186 cm³/mol. The van der Waals surface area contributed by atoms with Crippen molar-refractivity contribution < 1.29 is 58.7 Å². The van der Waals surface area contributed by atoms with Crippen LogP contribution >= 0.6 is 0 Å². The first-order chi connectivity index (χ1) is 24.7. The van der Waals surface area contributed by atoms with Gasteiger partial charge in [-0.15, -0.1) is 0 Å². The van der Waals surface area contributed by atoms with Crippen molar-refractivity contribution in [2.45, 2.75) is 13.5 Å². The van der Waals surface area contributed by atoms with Gasteiger partial charge in [-0.3, -0.25) is 33.7 Å². The van der Waals surface area contributed by atoms with Crippen LogP contribution in [0.5, 0.6) is 11.5 Å². The molecule has 0 radical (unpaired) electrons. The number of benzene rings is 4. The van der Waals surface area contributed by atoms with E-state index in [1.807, 2.05) is 0 Å². The second-order valence-electron chi connectivity index (χ2n) is 11.9. The van der Waals surface area contributed by atoms with Crippen LogP contribution in [0, 0.1) is 6.92 Å². The molecular formula is C36H34N4O12. The van der Waals surface area contributed by atoms with Crippen molar-refractivity contribution in [2.75, 3.05) is 54.9 Å². The Morgan fingerprint density at radius 1 is 0.673 bits per heavy atom. The maximum absolute atomic E-state index is 13.6. The summed E-state index contributed by atoms with van der Waals surface area (Å²) in [6.45, 7) is -1.43. The first-order valence-electron chi connectivity index (χ1n) is 15.8. The number of aliphatic carboxylic acids is 4. The van der Waals surface area contributed by atoms with Gasteiger partial charge in [-0.05, 0) is 60.5 Å². The minimum atomic E-state index is -1.31. The van der Waals surface area contributed by atoms with Gasteiger partial charge >= 0.3 is 23.9 Å². The van der Waals surface area contributed by atoms with Crippen molar-refractivity contribution in [1.29, 1.82) is 0 Å². The van der Waals surface area contributed by atoms with Crippen LogP contribution in [-0.2, 0) is 25.7 Å². The highest BCUT2D eigenvalue weighted by atomic mass is 16.5. The molecule has 1 aliphatic heterocycles. The van der Waals surface area contributed by atoms with Gasteiger partial charge in [-0.1, -0.05) is 24.3 Å². The lowest BCUT2D eigenvalue weighted by Crippen LogP contribution is -2.39. The number of hydrogen-bond donors (Lipinski definition) is 5. The van der Waals surface area contributed by atoms with Crippen molar-refractivity contribution in [1.82, 2.24) is 4.90 Å². The second-order valence-corrected chi connectivity index (χ2v) is 11.9. The molecule has 2 amide bonds. The summed E-state index contributed by atoms with van der Waals surface area (Å²) in [6, 6.07) is 17.3. The Morgan fingerprint density at radius 3 is 1.71 bits per heavy atom. The van der Waals surface area contributed by atoms with Crippen LogP contribution in [0.1, 0.15) is 31.8 Å². The number of nitrogen functional groups attached to an aromatic ring is 1. The molecule has 270 valence electrons. The van der Waals surface area contributed by atoms with E-state index in [0.29, 0.717) is 33.2 Å². The fraction of sp³-hybridized carbons (Fsp3) is 0.222. The van der Waals surface area contributed by atoms with E-state index in [9.17, 15) is 49.2 Å². The van der Waals surface area contributed by atoms with Crippen LogP contribution < -0.4 is 25.0 Å². The molecule has 0 aliphatic carbocycles. The lowest BCUT2D eigenvalue weighted by molar-refractivity contribution is -0.138. The standard InChI is InChI=1S/C36H34N4O12/c1-20-5-9-26(38(16-30(41)42)17-31(43)44)28(13-20)51-11-12-52-29-14-21(6-10-27(29)39(18-32(45)46)19-33(47)48)15-40-35(49)23-4-2-3-22-25(37)8-7-24(34(22)23)36(40)50/h2-10,13-14H,11-12,15-19,37H2,1H3,(H,41,42)(H,43,44)(H,45,46)(H,47,48). The number of nitrogens with two attached hydrogens (primary N) is 1. The van der Waals surface area contributed by atoms with E-state index in [1.54, 1.807) is 49.4 Å². The van der Waals surface area contributed by atoms with Crippen LogP contribution in [0.2, 0.25) is 0 Å². The Balaban J connectivity index is 1.42. The maximum atomic E-state index is 13.6. The van der Waals surface area contributed by atoms with Gasteiger partial charge in [0.2, 0.25) is 0 Å². The molecule has 0 atom stereocenters. The number of carbonyl (C=O) groups is 6. The number of rotatable bonds is 17. The zero-order chi connectivity index (χ0) is 37.7. The SMILES string of the molecule is Cc1ccc(N(CC(=O)O)CC(=O)O)c(OCCOc2cc(CN3C(=O)c4cccc5c(N)ccc(c45)C3=O)ccc2N(CC(=O)O)CC(=O)O)c1. The van der Waals surface area contributed by atoms with Crippen LogP contribution in [-0.4, -0.2) is 100 Å². The summed E-state index contributed by atoms with van der Waals surface area (Å²) >= 11 is 0. The quantitative estimate of drug-likeness (QED) is 0.0600. The van der Waals surface area contributed by atoms with E-state index in [-0.39, 0.29) is 42.6 Å². The number of nitrogens with zero attached hydrogens (tertiary/aromatic N) is 3.